The van der Waals surface area contributed by atoms with Crippen LogP contribution < -0.4 is 0 Å². The van der Waals surface area contributed by atoms with Crippen LogP contribution in [-0.4, -0.2) is 0 Å². The van der Waals surface area contributed by atoms with E-state index in [0.29, 0.717) is 10.0 Å². The zero-order valence-electron chi connectivity index (χ0n) is 6.91. The summed E-state index contributed by atoms with van der Waals surface area (Å²) in [6.07, 6.45) is 0. The standard InChI is InChI=1S/C8H7Cl2N3/c1-5(12-13-11)6-2-3-7(9)8(10)4-6/h2-5H,1H3/t5-/m0/s1. The highest BCUT2D eigenvalue weighted by molar-refractivity contribution is 6.42. The highest BCUT2D eigenvalue weighted by Crippen LogP contribution is 2.26. The minimum absolute atomic E-state index is 0.222. The molecule has 1 aromatic rings. The van der Waals surface area contributed by atoms with Gasteiger partial charge in [-0.3, -0.25) is 0 Å². The number of halogens is 2. The van der Waals surface area contributed by atoms with Crippen LogP contribution in [0.3, 0.4) is 0 Å². The molecule has 1 aromatic carbocycles. The predicted molar refractivity (Wildman–Crippen MR) is 54.0 cm³/mol. The summed E-state index contributed by atoms with van der Waals surface area (Å²) >= 11 is 11.5. The van der Waals surface area contributed by atoms with Crippen molar-refractivity contribution in [2.24, 2.45) is 5.11 Å². The summed E-state index contributed by atoms with van der Waals surface area (Å²) in [5.74, 6) is 0. The lowest BCUT2D eigenvalue weighted by Gasteiger charge is -2.05. The monoisotopic (exact) mass is 215 g/mol. The van der Waals surface area contributed by atoms with Gasteiger partial charge in [0.1, 0.15) is 0 Å². The molecule has 0 bridgehead atoms. The Labute approximate surface area is 85.9 Å². The molecular formula is C8H7Cl2N3. The van der Waals surface area contributed by atoms with Crippen molar-refractivity contribution in [3.63, 3.8) is 0 Å². The van der Waals surface area contributed by atoms with E-state index in [4.69, 9.17) is 28.7 Å². The van der Waals surface area contributed by atoms with E-state index in [2.05, 4.69) is 10.0 Å². The minimum atomic E-state index is -0.222. The molecule has 68 valence electrons. The van der Waals surface area contributed by atoms with Crippen LogP contribution in [0.25, 0.3) is 10.4 Å². The fourth-order valence-electron chi connectivity index (χ4n) is 0.916. The van der Waals surface area contributed by atoms with Gasteiger partial charge in [0.05, 0.1) is 16.1 Å². The average Bonchev–Trinajstić information content (AvgIpc) is 2.10. The molecule has 0 heterocycles. The van der Waals surface area contributed by atoms with Crippen molar-refractivity contribution in [1.29, 1.82) is 0 Å². The third kappa shape index (κ3) is 2.52. The van der Waals surface area contributed by atoms with Gasteiger partial charge in [-0.1, -0.05) is 41.3 Å². The predicted octanol–water partition coefficient (Wildman–Crippen LogP) is 4.36. The lowest BCUT2D eigenvalue weighted by molar-refractivity contribution is 0.808. The molecule has 13 heavy (non-hydrogen) atoms. The van der Waals surface area contributed by atoms with Gasteiger partial charge in [-0.15, -0.1) is 0 Å². The molecule has 1 rings (SSSR count). The van der Waals surface area contributed by atoms with E-state index in [1.165, 1.54) is 0 Å². The number of rotatable bonds is 2. The number of nitrogens with zero attached hydrogens (tertiary/aromatic N) is 3. The second-order valence-electron chi connectivity index (χ2n) is 2.55. The van der Waals surface area contributed by atoms with Gasteiger partial charge >= 0.3 is 0 Å². The first kappa shape index (κ1) is 10.2. The first-order valence-electron chi connectivity index (χ1n) is 3.64. The first-order chi connectivity index (χ1) is 6.15. The van der Waals surface area contributed by atoms with Crippen molar-refractivity contribution in [2.45, 2.75) is 13.0 Å². The largest absolute Gasteiger partial charge is 0.0862 e. The molecule has 0 fully saturated rings. The van der Waals surface area contributed by atoms with E-state index in [9.17, 15) is 0 Å². The smallest absolute Gasteiger partial charge is 0.0597 e. The Kier molecular flexibility index (Phi) is 3.43. The molecule has 0 aliphatic heterocycles. The van der Waals surface area contributed by atoms with Gasteiger partial charge in [-0.05, 0) is 23.2 Å². The zero-order valence-corrected chi connectivity index (χ0v) is 8.42. The Balaban J connectivity index is 3.03. The zero-order chi connectivity index (χ0) is 9.84. The van der Waals surface area contributed by atoms with Crippen LogP contribution in [0, 0.1) is 0 Å². The van der Waals surface area contributed by atoms with Gasteiger partial charge in [0.15, 0.2) is 0 Å². The maximum Gasteiger partial charge on any atom is 0.0597 e. The second-order valence-corrected chi connectivity index (χ2v) is 3.37. The lowest BCUT2D eigenvalue weighted by atomic mass is 10.1. The van der Waals surface area contributed by atoms with Gasteiger partial charge in [0, 0.05) is 4.91 Å². The Hall–Kier alpha value is -0.890. The number of benzene rings is 1. The maximum atomic E-state index is 8.22. The summed E-state index contributed by atoms with van der Waals surface area (Å²) in [5, 5.41) is 4.51. The van der Waals surface area contributed by atoms with Crippen LogP contribution in [0.15, 0.2) is 23.3 Å². The molecule has 0 saturated carbocycles. The van der Waals surface area contributed by atoms with Crippen LogP contribution >= 0.6 is 23.2 Å². The first-order valence-corrected chi connectivity index (χ1v) is 4.40. The van der Waals surface area contributed by atoms with E-state index in [1.807, 2.05) is 0 Å². The fraction of sp³-hybridized carbons (Fsp3) is 0.250. The number of azide groups is 1. The summed E-state index contributed by atoms with van der Waals surface area (Å²) < 4.78 is 0. The van der Waals surface area contributed by atoms with E-state index in [1.54, 1.807) is 25.1 Å². The Morgan fingerprint density at radius 1 is 1.38 bits per heavy atom. The Morgan fingerprint density at radius 3 is 2.62 bits per heavy atom. The van der Waals surface area contributed by atoms with Crippen LogP contribution in [-0.2, 0) is 0 Å². The minimum Gasteiger partial charge on any atom is -0.0862 e. The average molecular weight is 216 g/mol. The second kappa shape index (κ2) is 4.38. The van der Waals surface area contributed by atoms with Gasteiger partial charge < -0.3 is 0 Å². The van der Waals surface area contributed by atoms with Gasteiger partial charge in [-0.2, -0.15) is 0 Å². The molecule has 0 N–H and O–H groups in total. The molecule has 0 radical (unpaired) electrons. The molecule has 0 unspecified atom stereocenters. The third-order valence-electron chi connectivity index (χ3n) is 1.65. The molecule has 0 aliphatic rings. The molecular weight excluding hydrogens is 209 g/mol. The molecule has 3 nitrogen and oxygen atoms in total. The van der Waals surface area contributed by atoms with Crippen molar-refractivity contribution < 1.29 is 0 Å². The highest BCUT2D eigenvalue weighted by atomic mass is 35.5. The Bertz CT molecular complexity index is 358. The van der Waals surface area contributed by atoms with Crippen LogP contribution in [0.2, 0.25) is 10.0 Å². The molecule has 5 heteroatoms. The molecule has 0 spiro atoms. The molecule has 1 atom stereocenters. The molecule has 0 aromatic heterocycles. The molecule has 0 amide bonds. The lowest BCUT2D eigenvalue weighted by Crippen LogP contribution is -1.87. The van der Waals surface area contributed by atoms with Gasteiger partial charge in [0.25, 0.3) is 0 Å². The van der Waals surface area contributed by atoms with E-state index in [0.717, 1.165) is 5.56 Å². The van der Waals surface area contributed by atoms with Crippen LogP contribution in [0.1, 0.15) is 18.5 Å². The normalized spacial score (nSPS) is 11.9. The topological polar surface area (TPSA) is 48.8 Å². The summed E-state index contributed by atoms with van der Waals surface area (Å²) in [6.45, 7) is 1.79. The molecule has 0 aliphatic carbocycles. The molecule has 0 saturated heterocycles. The van der Waals surface area contributed by atoms with E-state index in [-0.39, 0.29) is 6.04 Å². The van der Waals surface area contributed by atoms with Gasteiger partial charge in [0.2, 0.25) is 0 Å². The quantitative estimate of drug-likeness (QED) is 0.400. The van der Waals surface area contributed by atoms with E-state index >= 15 is 0 Å². The highest BCUT2D eigenvalue weighted by Gasteiger charge is 2.04. The van der Waals surface area contributed by atoms with Gasteiger partial charge in [-0.25, -0.2) is 0 Å². The van der Waals surface area contributed by atoms with Crippen molar-refractivity contribution in [2.75, 3.05) is 0 Å². The number of hydrogen-bond acceptors (Lipinski definition) is 1. The summed E-state index contributed by atoms with van der Waals surface area (Å²) in [6, 6.07) is 4.94. The Morgan fingerprint density at radius 2 is 2.08 bits per heavy atom. The summed E-state index contributed by atoms with van der Waals surface area (Å²) in [4.78, 5) is 2.71. The van der Waals surface area contributed by atoms with Crippen molar-refractivity contribution >= 4 is 23.2 Å². The van der Waals surface area contributed by atoms with Crippen LogP contribution in [0.5, 0.6) is 0 Å². The number of hydrogen-bond donors (Lipinski definition) is 0. The van der Waals surface area contributed by atoms with Crippen molar-refractivity contribution in [3.05, 3.63) is 44.3 Å². The van der Waals surface area contributed by atoms with Crippen LogP contribution in [0.4, 0.5) is 0 Å². The maximum absolute atomic E-state index is 8.22. The summed E-state index contributed by atoms with van der Waals surface area (Å²) in [7, 11) is 0. The third-order valence-corrected chi connectivity index (χ3v) is 2.39. The van der Waals surface area contributed by atoms with E-state index < -0.39 is 0 Å². The fourth-order valence-corrected chi connectivity index (χ4v) is 1.22. The van der Waals surface area contributed by atoms with Crippen molar-refractivity contribution in [3.8, 4) is 0 Å². The summed E-state index contributed by atoms with van der Waals surface area (Å²) in [5.41, 5.74) is 9.08. The SMILES string of the molecule is C[C@H](N=[N+]=[N-])c1ccc(Cl)c(Cl)c1. The van der Waals surface area contributed by atoms with Crippen molar-refractivity contribution in [1.82, 2.24) is 0 Å².